The number of piperidine rings is 1. The Bertz CT molecular complexity index is 844. The van der Waals surface area contributed by atoms with Crippen molar-refractivity contribution >= 4 is 11.8 Å². The summed E-state index contributed by atoms with van der Waals surface area (Å²) in [6.07, 6.45) is 3.25. The van der Waals surface area contributed by atoms with E-state index in [0.29, 0.717) is 29.2 Å². The molecule has 0 spiro atoms. The number of hydrogen-bond acceptors (Lipinski definition) is 4. The normalized spacial score (nSPS) is 13.7. The topological polar surface area (TPSA) is 67.9 Å². The van der Waals surface area contributed by atoms with Crippen molar-refractivity contribution in [3.05, 3.63) is 59.2 Å². The predicted molar refractivity (Wildman–Crippen MR) is 107 cm³/mol. The molecule has 1 N–H and O–H groups in total. The monoisotopic (exact) mass is 382 g/mol. The quantitative estimate of drug-likeness (QED) is 0.833. The van der Waals surface area contributed by atoms with Crippen LogP contribution in [-0.4, -0.2) is 44.0 Å². The molecular formula is C22H26N2O4. The van der Waals surface area contributed by atoms with Gasteiger partial charge in [-0.15, -0.1) is 0 Å². The maximum Gasteiger partial charge on any atom is 0.253 e. The second-order valence-electron chi connectivity index (χ2n) is 6.81. The van der Waals surface area contributed by atoms with Crippen LogP contribution in [-0.2, 0) is 6.54 Å². The highest BCUT2D eigenvalue weighted by atomic mass is 16.5. The SMILES string of the molecule is COc1ccc(CNC(=O)c2cccc(C(=O)N3CCCCC3)c2)cc1OC. The van der Waals surface area contributed by atoms with Crippen LogP contribution in [0.5, 0.6) is 11.5 Å². The van der Waals surface area contributed by atoms with Gasteiger partial charge in [0.25, 0.3) is 11.8 Å². The number of rotatable bonds is 6. The van der Waals surface area contributed by atoms with E-state index >= 15 is 0 Å². The first-order chi connectivity index (χ1) is 13.6. The average Bonchev–Trinajstić information content (AvgIpc) is 2.77. The molecule has 1 fully saturated rings. The van der Waals surface area contributed by atoms with Crippen LogP contribution < -0.4 is 14.8 Å². The van der Waals surface area contributed by atoms with Crippen molar-refractivity contribution in [2.24, 2.45) is 0 Å². The number of carbonyl (C=O) groups is 2. The summed E-state index contributed by atoms with van der Waals surface area (Å²) >= 11 is 0. The summed E-state index contributed by atoms with van der Waals surface area (Å²) in [5.74, 6) is 1.03. The molecule has 1 heterocycles. The molecule has 2 amide bonds. The Balaban J connectivity index is 1.65. The first kappa shape index (κ1) is 19.7. The number of ether oxygens (including phenoxy) is 2. The fourth-order valence-electron chi connectivity index (χ4n) is 3.35. The van der Waals surface area contributed by atoms with Crippen molar-refractivity contribution < 1.29 is 19.1 Å². The van der Waals surface area contributed by atoms with Gasteiger partial charge in [0.05, 0.1) is 14.2 Å². The summed E-state index contributed by atoms with van der Waals surface area (Å²) in [7, 11) is 3.16. The zero-order chi connectivity index (χ0) is 19.9. The van der Waals surface area contributed by atoms with E-state index in [-0.39, 0.29) is 11.8 Å². The molecule has 0 radical (unpaired) electrons. The molecule has 3 rings (SSSR count). The minimum atomic E-state index is -0.219. The molecule has 28 heavy (non-hydrogen) atoms. The average molecular weight is 382 g/mol. The van der Waals surface area contributed by atoms with Crippen molar-refractivity contribution in [1.29, 1.82) is 0 Å². The summed E-state index contributed by atoms with van der Waals surface area (Å²) in [5.41, 5.74) is 1.93. The van der Waals surface area contributed by atoms with Gasteiger partial charge in [0.15, 0.2) is 11.5 Å². The van der Waals surface area contributed by atoms with E-state index in [4.69, 9.17) is 9.47 Å². The molecule has 1 saturated heterocycles. The molecule has 0 aliphatic carbocycles. The third kappa shape index (κ3) is 4.63. The van der Waals surface area contributed by atoms with Gasteiger partial charge in [-0.3, -0.25) is 9.59 Å². The molecule has 2 aromatic rings. The molecule has 0 unspecified atom stereocenters. The van der Waals surface area contributed by atoms with Crippen molar-refractivity contribution in [1.82, 2.24) is 10.2 Å². The maximum absolute atomic E-state index is 12.7. The van der Waals surface area contributed by atoms with Crippen molar-refractivity contribution in [2.45, 2.75) is 25.8 Å². The zero-order valence-electron chi connectivity index (χ0n) is 16.4. The zero-order valence-corrected chi connectivity index (χ0v) is 16.4. The molecule has 0 saturated carbocycles. The van der Waals surface area contributed by atoms with E-state index < -0.39 is 0 Å². The van der Waals surface area contributed by atoms with Crippen molar-refractivity contribution in [3.8, 4) is 11.5 Å². The van der Waals surface area contributed by atoms with E-state index in [9.17, 15) is 9.59 Å². The molecule has 0 atom stereocenters. The number of benzene rings is 2. The lowest BCUT2D eigenvalue weighted by Gasteiger charge is -2.26. The Hall–Kier alpha value is -3.02. The van der Waals surface area contributed by atoms with Gasteiger partial charge in [0.2, 0.25) is 0 Å². The van der Waals surface area contributed by atoms with Gasteiger partial charge in [0, 0.05) is 30.8 Å². The highest BCUT2D eigenvalue weighted by molar-refractivity contribution is 5.99. The molecule has 0 aromatic heterocycles. The first-order valence-electron chi connectivity index (χ1n) is 9.51. The molecule has 6 heteroatoms. The molecule has 148 valence electrons. The Morgan fingerprint density at radius 1 is 0.929 bits per heavy atom. The lowest BCUT2D eigenvalue weighted by atomic mass is 10.1. The maximum atomic E-state index is 12.7. The van der Waals surface area contributed by atoms with E-state index in [0.717, 1.165) is 31.5 Å². The van der Waals surface area contributed by atoms with Gasteiger partial charge in [-0.05, 0) is 55.2 Å². The Kier molecular flexibility index (Phi) is 6.53. The molecule has 0 bridgehead atoms. The van der Waals surface area contributed by atoms with Crippen molar-refractivity contribution in [2.75, 3.05) is 27.3 Å². The number of carbonyl (C=O) groups excluding carboxylic acids is 2. The number of methoxy groups -OCH3 is 2. The third-order valence-electron chi connectivity index (χ3n) is 4.92. The molecule has 2 aromatic carbocycles. The number of likely N-dealkylation sites (tertiary alicyclic amines) is 1. The fourth-order valence-corrected chi connectivity index (χ4v) is 3.35. The van der Waals surface area contributed by atoms with Crippen LogP contribution in [0.1, 0.15) is 45.5 Å². The van der Waals surface area contributed by atoms with E-state index in [2.05, 4.69) is 5.32 Å². The predicted octanol–water partition coefficient (Wildman–Crippen LogP) is 3.26. The van der Waals surface area contributed by atoms with E-state index in [1.807, 2.05) is 17.0 Å². The Labute approximate surface area is 165 Å². The van der Waals surface area contributed by atoms with Crippen LogP contribution in [0.3, 0.4) is 0 Å². The summed E-state index contributed by atoms with van der Waals surface area (Å²) in [6.45, 7) is 1.92. The van der Waals surface area contributed by atoms with Crippen LogP contribution in [0, 0.1) is 0 Å². The van der Waals surface area contributed by atoms with Gasteiger partial charge in [0.1, 0.15) is 0 Å². The van der Waals surface area contributed by atoms with Gasteiger partial charge >= 0.3 is 0 Å². The third-order valence-corrected chi connectivity index (χ3v) is 4.92. The lowest BCUT2D eigenvalue weighted by Crippen LogP contribution is -2.35. The number of nitrogens with zero attached hydrogens (tertiary/aromatic N) is 1. The Morgan fingerprint density at radius 2 is 1.64 bits per heavy atom. The van der Waals surface area contributed by atoms with E-state index in [1.165, 1.54) is 6.42 Å². The summed E-state index contributed by atoms with van der Waals surface area (Å²) in [5, 5.41) is 2.89. The summed E-state index contributed by atoms with van der Waals surface area (Å²) in [6, 6.07) is 12.4. The molecular weight excluding hydrogens is 356 g/mol. The van der Waals surface area contributed by atoms with Crippen LogP contribution in [0.2, 0.25) is 0 Å². The number of amides is 2. The Morgan fingerprint density at radius 3 is 2.36 bits per heavy atom. The van der Waals surface area contributed by atoms with E-state index in [1.54, 1.807) is 44.6 Å². The molecule has 6 nitrogen and oxygen atoms in total. The summed E-state index contributed by atoms with van der Waals surface area (Å²) < 4.78 is 10.5. The second-order valence-corrected chi connectivity index (χ2v) is 6.81. The summed E-state index contributed by atoms with van der Waals surface area (Å²) in [4.78, 5) is 27.1. The van der Waals surface area contributed by atoms with Gasteiger partial charge < -0.3 is 19.7 Å². The smallest absolute Gasteiger partial charge is 0.253 e. The van der Waals surface area contributed by atoms with Crippen LogP contribution >= 0.6 is 0 Å². The van der Waals surface area contributed by atoms with Gasteiger partial charge in [-0.1, -0.05) is 12.1 Å². The standard InChI is InChI=1S/C22H26N2O4/c1-27-19-10-9-16(13-20(19)28-2)15-23-21(25)17-7-6-8-18(14-17)22(26)24-11-4-3-5-12-24/h6-10,13-14H,3-5,11-12,15H2,1-2H3,(H,23,25). The minimum Gasteiger partial charge on any atom is -0.493 e. The van der Waals surface area contributed by atoms with Crippen LogP contribution in [0.4, 0.5) is 0 Å². The van der Waals surface area contributed by atoms with Gasteiger partial charge in [-0.25, -0.2) is 0 Å². The van der Waals surface area contributed by atoms with Gasteiger partial charge in [-0.2, -0.15) is 0 Å². The molecule has 1 aliphatic heterocycles. The highest BCUT2D eigenvalue weighted by Crippen LogP contribution is 2.27. The second kappa shape index (κ2) is 9.26. The molecule has 1 aliphatic rings. The van der Waals surface area contributed by atoms with Crippen LogP contribution in [0.25, 0.3) is 0 Å². The lowest BCUT2D eigenvalue weighted by molar-refractivity contribution is 0.0724. The number of nitrogens with one attached hydrogen (secondary N) is 1. The largest absolute Gasteiger partial charge is 0.493 e. The fraction of sp³-hybridized carbons (Fsp3) is 0.364. The highest BCUT2D eigenvalue weighted by Gasteiger charge is 2.19. The first-order valence-corrected chi connectivity index (χ1v) is 9.51. The van der Waals surface area contributed by atoms with Crippen molar-refractivity contribution in [3.63, 3.8) is 0 Å². The number of hydrogen-bond donors (Lipinski definition) is 1. The minimum absolute atomic E-state index is 0.00533. The van der Waals surface area contributed by atoms with Crippen LogP contribution in [0.15, 0.2) is 42.5 Å².